The Morgan fingerprint density at radius 2 is 1.82 bits per heavy atom. The molecule has 0 unspecified atom stereocenters. The van der Waals surface area contributed by atoms with Crippen molar-refractivity contribution in [2.24, 2.45) is 5.92 Å². The van der Waals surface area contributed by atoms with E-state index in [-0.39, 0.29) is 54.2 Å². The first-order chi connectivity index (χ1) is 19.1. The van der Waals surface area contributed by atoms with Crippen molar-refractivity contribution in [2.45, 2.75) is 37.3 Å². The summed E-state index contributed by atoms with van der Waals surface area (Å²) in [5.41, 5.74) is 1.55. The molecule has 1 amide bonds. The number of rotatable bonds is 6. The maximum absolute atomic E-state index is 14.1. The second-order valence-corrected chi connectivity index (χ2v) is 11.9. The SMILES string of the molecule is C[C@H]1CN([C@@H](C)CO)S(=O)(=O)c2ccc(C#Cc3ccccc3F)cc2O[C@@H]1CN(C)C(=O)Cc1ccccc1. The van der Waals surface area contributed by atoms with Crippen LogP contribution in [-0.4, -0.2) is 67.5 Å². The number of carbonyl (C=O) groups excluding carboxylic acids is 1. The van der Waals surface area contributed by atoms with Gasteiger partial charge in [0, 0.05) is 31.1 Å². The number of hydrogen-bond donors (Lipinski definition) is 1. The standard InChI is InChI=1S/C31H33FN2O5S/c1-22-19-34(23(2)21-35)40(37,38)30-16-14-25(13-15-26-11-7-8-12-27(26)32)17-28(30)39-29(22)20-33(3)31(36)18-24-9-5-4-6-10-24/h4-12,14,16-17,22-23,29,35H,18-21H2,1-3H3/t22-,23-,29+/m0/s1. The van der Waals surface area contributed by atoms with Crippen molar-refractivity contribution in [1.29, 1.82) is 0 Å². The summed E-state index contributed by atoms with van der Waals surface area (Å²) in [6.07, 6.45) is -0.325. The Kier molecular flexibility index (Phi) is 9.25. The summed E-state index contributed by atoms with van der Waals surface area (Å²) in [7, 11) is -2.33. The highest BCUT2D eigenvalue weighted by molar-refractivity contribution is 7.89. The molecule has 3 aromatic rings. The van der Waals surface area contributed by atoms with Crippen molar-refractivity contribution < 1.29 is 27.4 Å². The molecule has 3 atom stereocenters. The van der Waals surface area contributed by atoms with E-state index in [4.69, 9.17) is 4.74 Å². The van der Waals surface area contributed by atoms with Crippen LogP contribution in [0, 0.1) is 23.6 Å². The number of nitrogens with zero attached hydrogens (tertiary/aromatic N) is 2. The maximum atomic E-state index is 14.1. The molecule has 0 radical (unpaired) electrons. The Labute approximate surface area is 235 Å². The van der Waals surface area contributed by atoms with Crippen molar-refractivity contribution in [2.75, 3.05) is 26.7 Å². The van der Waals surface area contributed by atoms with Crippen molar-refractivity contribution in [1.82, 2.24) is 9.21 Å². The third-order valence-electron chi connectivity index (χ3n) is 6.96. The van der Waals surface area contributed by atoms with Crippen molar-refractivity contribution in [3.8, 4) is 17.6 Å². The summed E-state index contributed by atoms with van der Waals surface area (Å²) < 4.78 is 49.0. The van der Waals surface area contributed by atoms with Gasteiger partial charge in [0.1, 0.15) is 22.6 Å². The molecule has 0 fully saturated rings. The van der Waals surface area contributed by atoms with E-state index >= 15 is 0 Å². The van der Waals surface area contributed by atoms with E-state index in [2.05, 4.69) is 11.8 Å². The summed E-state index contributed by atoms with van der Waals surface area (Å²) in [5, 5.41) is 9.85. The molecule has 9 heteroatoms. The molecule has 7 nitrogen and oxygen atoms in total. The molecule has 1 N–H and O–H groups in total. The quantitative estimate of drug-likeness (QED) is 0.462. The number of fused-ring (bicyclic) bond motifs is 1. The van der Waals surface area contributed by atoms with Gasteiger partial charge in [-0.25, -0.2) is 12.8 Å². The van der Waals surface area contributed by atoms with E-state index in [1.807, 2.05) is 37.3 Å². The molecule has 0 aliphatic carbocycles. The Balaban J connectivity index is 1.68. The number of sulfonamides is 1. The third kappa shape index (κ3) is 6.70. The van der Waals surface area contributed by atoms with Crippen LogP contribution in [0.5, 0.6) is 5.75 Å². The fourth-order valence-electron chi connectivity index (χ4n) is 4.50. The third-order valence-corrected chi connectivity index (χ3v) is 8.98. The van der Waals surface area contributed by atoms with Crippen LogP contribution in [0.4, 0.5) is 4.39 Å². The van der Waals surface area contributed by atoms with Gasteiger partial charge in [-0.1, -0.05) is 61.2 Å². The lowest BCUT2D eigenvalue weighted by Gasteiger charge is -2.37. The lowest BCUT2D eigenvalue weighted by atomic mass is 10.0. The summed E-state index contributed by atoms with van der Waals surface area (Å²) in [6, 6.07) is 19.4. The van der Waals surface area contributed by atoms with E-state index in [1.165, 1.54) is 22.5 Å². The Hall–Kier alpha value is -3.71. The van der Waals surface area contributed by atoms with Gasteiger partial charge < -0.3 is 14.7 Å². The molecule has 0 bridgehead atoms. The minimum Gasteiger partial charge on any atom is -0.487 e. The number of ether oxygens (including phenoxy) is 1. The van der Waals surface area contributed by atoms with E-state index in [9.17, 15) is 22.7 Å². The van der Waals surface area contributed by atoms with E-state index < -0.39 is 28.0 Å². The predicted molar refractivity (Wildman–Crippen MR) is 151 cm³/mol. The molecule has 0 saturated heterocycles. The first kappa shape index (κ1) is 29.3. The molecule has 4 rings (SSSR count). The first-order valence-electron chi connectivity index (χ1n) is 13.1. The number of aliphatic hydroxyl groups excluding tert-OH is 1. The van der Waals surface area contributed by atoms with Crippen LogP contribution < -0.4 is 4.74 Å². The smallest absolute Gasteiger partial charge is 0.247 e. The number of halogens is 1. The number of carbonyl (C=O) groups is 1. The number of benzene rings is 3. The fraction of sp³-hybridized carbons (Fsp3) is 0.323. The molecule has 1 aliphatic rings. The first-order valence-corrected chi connectivity index (χ1v) is 14.5. The molecule has 1 aliphatic heterocycles. The zero-order valence-corrected chi connectivity index (χ0v) is 23.6. The topological polar surface area (TPSA) is 87.2 Å². The minimum atomic E-state index is -4.03. The highest BCUT2D eigenvalue weighted by Crippen LogP contribution is 2.34. The molecule has 0 saturated carbocycles. The van der Waals surface area contributed by atoms with Crippen molar-refractivity contribution in [3.05, 3.63) is 95.3 Å². The number of aliphatic hydroxyl groups is 1. The minimum absolute atomic E-state index is 0.0561. The summed E-state index contributed by atoms with van der Waals surface area (Å²) >= 11 is 0. The van der Waals surface area contributed by atoms with Crippen LogP contribution in [0.15, 0.2) is 77.7 Å². The van der Waals surface area contributed by atoms with Crippen molar-refractivity contribution in [3.63, 3.8) is 0 Å². The maximum Gasteiger partial charge on any atom is 0.247 e. The largest absolute Gasteiger partial charge is 0.487 e. The zero-order valence-electron chi connectivity index (χ0n) is 22.7. The summed E-state index contributed by atoms with van der Waals surface area (Å²) in [6.45, 7) is 3.47. The second-order valence-electron chi connectivity index (χ2n) is 10.1. The van der Waals surface area contributed by atoms with E-state index in [1.54, 1.807) is 43.1 Å². The second kappa shape index (κ2) is 12.6. The summed E-state index contributed by atoms with van der Waals surface area (Å²) in [4.78, 5) is 14.5. The zero-order chi connectivity index (χ0) is 28.9. The normalized spacial score (nSPS) is 19.1. The van der Waals surface area contributed by atoms with Gasteiger partial charge in [0.05, 0.1) is 25.1 Å². The monoisotopic (exact) mass is 564 g/mol. The van der Waals surface area contributed by atoms with Crippen LogP contribution in [0.25, 0.3) is 0 Å². The summed E-state index contributed by atoms with van der Waals surface area (Å²) in [5.74, 6) is 4.90. The van der Waals surface area contributed by atoms with Gasteiger partial charge in [-0.05, 0) is 42.8 Å². The lowest BCUT2D eigenvalue weighted by Crippen LogP contribution is -2.50. The number of hydrogen-bond acceptors (Lipinski definition) is 5. The van der Waals surface area contributed by atoms with Gasteiger partial charge in [-0.15, -0.1) is 0 Å². The van der Waals surface area contributed by atoms with Crippen LogP contribution in [0.2, 0.25) is 0 Å². The van der Waals surface area contributed by atoms with Gasteiger partial charge >= 0.3 is 0 Å². The van der Waals surface area contributed by atoms with E-state index in [0.717, 1.165) is 5.56 Å². The fourth-order valence-corrected chi connectivity index (χ4v) is 6.33. The molecular formula is C31H33FN2O5S. The van der Waals surface area contributed by atoms with Gasteiger partial charge in [-0.2, -0.15) is 4.31 Å². The Morgan fingerprint density at radius 3 is 2.52 bits per heavy atom. The highest BCUT2D eigenvalue weighted by atomic mass is 32.2. The van der Waals surface area contributed by atoms with Crippen LogP contribution in [-0.2, 0) is 21.2 Å². The van der Waals surface area contributed by atoms with Gasteiger partial charge in [0.25, 0.3) is 0 Å². The van der Waals surface area contributed by atoms with Crippen LogP contribution in [0.1, 0.15) is 30.5 Å². The molecule has 1 heterocycles. The van der Waals surface area contributed by atoms with Crippen molar-refractivity contribution >= 4 is 15.9 Å². The molecule has 0 spiro atoms. The molecular weight excluding hydrogens is 531 g/mol. The van der Waals surface area contributed by atoms with E-state index in [0.29, 0.717) is 5.56 Å². The molecule has 210 valence electrons. The Bertz CT molecular complexity index is 1520. The predicted octanol–water partition coefficient (Wildman–Crippen LogP) is 3.70. The number of amides is 1. The van der Waals surface area contributed by atoms with Gasteiger partial charge in [0.15, 0.2) is 0 Å². The average molecular weight is 565 g/mol. The lowest BCUT2D eigenvalue weighted by molar-refractivity contribution is -0.130. The Morgan fingerprint density at radius 1 is 1.12 bits per heavy atom. The van der Waals surface area contributed by atoms with Crippen LogP contribution in [0.3, 0.4) is 0 Å². The van der Waals surface area contributed by atoms with Gasteiger partial charge in [0.2, 0.25) is 15.9 Å². The van der Waals surface area contributed by atoms with Gasteiger partial charge in [-0.3, -0.25) is 4.79 Å². The molecule has 0 aromatic heterocycles. The van der Waals surface area contributed by atoms with Crippen LogP contribution >= 0.6 is 0 Å². The molecule has 3 aromatic carbocycles. The number of likely N-dealkylation sites (N-methyl/N-ethyl adjacent to an activating group) is 1. The molecule has 40 heavy (non-hydrogen) atoms. The average Bonchev–Trinajstić information content (AvgIpc) is 2.94. The highest BCUT2D eigenvalue weighted by Gasteiger charge is 2.38.